The van der Waals surface area contributed by atoms with Gasteiger partial charge in [0.05, 0.1) is 7.11 Å². The Morgan fingerprint density at radius 1 is 1.15 bits per heavy atom. The number of hydrogen-bond donors (Lipinski definition) is 0. The lowest BCUT2D eigenvalue weighted by molar-refractivity contribution is 0.258. The zero-order valence-electron chi connectivity index (χ0n) is 7.62. The Labute approximate surface area is 82.8 Å². The van der Waals surface area contributed by atoms with Gasteiger partial charge in [-0.05, 0) is 18.6 Å². The van der Waals surface area contributed by atoms with Crippen molar-refractivity contribution in [1.82, 2.24) is 0 Å². The average molecular weight is 192 g/mol. The van der Waals surface area contributed by atoms with Gasteiger partial charge in [0.25, 0.3) is 0 Å². The molecule has 0 amide bonds. The SMILES string of the molecule is COC1=C(Sc2ccccc2)CC1. The van der Waals surface area contributed by atoms with E-state index in [1.165, 1.54) is 16.2 Å². The van der Waals surface area contributed by atoms with E-state index in [-0.39, 0.29) is 0 Å². The highest BCUT2D eigenvalue weighted by atomic mass is 32.2. The molecule has 2 heteroatoms. The fourth-order valence-electron chi connectivity index (χ4n) is 1.28. The third-order valence-electron chi connectivity index (χ3n) is 2.12. The molecule has 1 aliphatic carbocycles. The summed E-state index contributed by atoms with van der Waals surface area (Å²) < 4.78 is 5.23. The Balaban J connectivity index is 2.07. The number of ether oxygens (including phenoxy) is 1. The molecule has 2 rings (SSSR count). The van der Waals surface area contributed by atoms with E-state index in [1.807, 2.05) is 17.8 Å². The van der Waals surface area contributed by atoms with Crippen LogP contribution in [-0.4, -0.2) is 7.11 Å². The van der Waals surface area contributed by atoms with Crippen molar-refractivity contribution in [3.8, 4) is 0 Å². The summed E-state index contributed by atoms with van der Waals surface area (Å²) >= 11 is 1.82. The van der Waals surface area contributed by atoms with Crippen molar-refractivity contribution >= 4 is 11.8 Å². The van der Waals surface area contributed by atoms with Crippen LogP contribution in [0.4, 0.5) is 0 Å². The number of rotatable bonds is 3. The third-order valence-corrected chi connectivity index (χ3v) is 3.31. The summed E-state index contributed by atoms with van der Waals surface area (Å²) in [5, 5.41) is 0. The van der Waals surface area contributed by atoms with Crippen molar-refractivity contribution in [1.29, 1.82) is 0 Å². The first-order valence-electron chi connectivity index (χ1n) is 4.39. The lowest BCUT2D eigenvalue weighted by atomic mass is 10.1. The van der Waals surface area contributed by atoms with E-state index >= 15 is 0 Å². The molecular weight excluding hydrogens is 180 g/mol. The van der Waals surface area contributed by atoms with Gasteiger partial charge in [-0.25, -0.2) is 0 Å². The standard InChI is InChI=1S/C11H12OS/c1-12-10-7-8-11(10)13-9-5-3-2-4-6-9/h2-6H,7-8H2,1H3. The van der Waals surface area contributed by atoms with Crippen molar-refractivity contribution in [2.45, 2.75) is 17.7 Å². The van der Waals surface area contributed by atoms with Crippen LogP contribution in [0, 0.1) is 0 Å². The first kappa shape index (κ1) is 8.70. The summed E-state index contributed by atoms with van der Waals surface area (Å²) in [5.41, 5.74) is 0. The van der Waals surface area contributed by atoms with Crippen molar-refractivity contribution in [3.63, 3.8) is 0 Å². The van der Waals surface area contributed by atoms with Crippen LogP contribution in [0.1, 0.15) is 12.8 Å². The van der Waals surface area contributed by atoms with Crippen LogP contribution >= 0.6 is 11.8 Å². The van der Waals surface area contributed by atoms with E-state index in [0.717, 1.165) is 12.2 Å². The maximum atomic E-state index is 5.23. The van der Waals surface area contributed by atoms with Crippen molar-refractivity contribution in [2.75, 3.05) is 7.11 Å². The molecule has 0 heterocycles. The fraction of sp³-hybridized carbons (Fsp3) is 0.273. The molecule has 0 N–H and O–H groups in total. The molecule has 0 atom stereocenters. The Morgan fingerprint density at radius 2 is 1.92 bits per heavy atom. The van der Waals surface area contributed by atoms with Gasteiger partial charge < -0.3 is 4.74 Å². The molecule has 0 saturated heterocycles. The van der Waals surface area contributed by atoms with E-state index in [4.69, 9.17) is 4.74 Å². The van der Waals surface area contributed by atoms with Crippen LogP contribution in [0.25, 0.3) is 0 Å². The summed E-state index contributed by atoms with van der Waals surface area (Å²) in [4.78, 5) is 2.68. The normalized spacial score (nSPS) is 15.5. The topological polar surface area (TPSA) is 9.23 Å². The van der Waals surface area contributed by atoms with Crippen LogP contribution in [0.15, 0.2) is 45.9 Å². The molecule has 68 valence electrons. The maximum absolute atomic E-state index is 5.23. The minimum absolute atomic E-state index is 1.10. The largest absolute Gasteiger partial charge is 0.500 e. The summed E-state index contributed by atoms with van der Waals surface area (Å²) in [6.45, 7) is 0. The van der Waals surface area contributed by atoms with Crippen LogP contribution in [0.3, 0.4) is 0 Å². The Bertz CT molecular complexity index is 316. The Hall–Kier alpha value is -0.890. The second kappa shape index (κ2) is 3.88. The van der Waals surface area contributed by atoms with Gasteiger partial charge in [0.1, 0.15) is 5.76 Å². The van der Waals surface area contributed by atoms with E-state index in [9.17, 15) is 0 Å². The molecule has 0 bridgehead atoms. The lowest BCUT2D eigenvalue weighted by Crippen LogP contribution is -2.02. The molecule has 0 fully saturated rings. The zero-order chi connectivity index (χ0) is 9.10. The monoisotopic (exact) mass is 192 g/mol. The first-order chi connectivity index (χ1) is 6.40. The van der Waals surface area contributed by atoms with Gasteiger partial charge in [0.2, 0.25) is 0 Å². The highest BCUT2D eigenvalue weighted by Gasteiger charge is 2.18. The Morgan fingerprint density at radius 3 is 2.46 bits per heavy atom. The van der Waals surface area contributed by atoms with Gasteiger partial charge in [0, 0.05) is 16.2 Å². The third kappa shape index (κ3) is 1.89. The summed E-state index contributed by atoms with van der Waals surface area (Å²) in [5.74, 6) is 1.16. The fourth-order valence-corrected chi connectivity index (χ4v) is 2.36. The summed E-state index contributed by atoms with van der Waals surface area (Å²) in [7, 11) is 1.75. The molecule has 13 heavy (non-hydrogen) atoms. The molecule has 0 spiro atoms. The molecule has 1 aliphatic rings. The molecule has 0 radical (unpaired) electrons. The van der Waals surface area contributed by atoms with Gasteiger partial charge in [-0.3, -0.25) is 0 Å². The smallest absolute Gasteiger partial charge is 0.106 e. The minimum Gasteiger partial charge on any atom is -0.500 e. The Kier molecular flexibility index (Phi) is 2.60. The first-order valence-corrected chi connectivity index (χ1v) is 5.20. The number of allylic oxidation sites excluding steroid dienone is 2. The quantitative estimate of drug-likeness (QED) is 0.725. The number of methoxy groups -OCH3 is 1. The second-order valence-corrected chi connectivity index (χ2v) is 4.13. The molecule has 0 unspecified atom stereocenters. The van der Waals surface area contributed by atoms with E-state index in [1.54, 1.807) is 7.11 Å². The van der Waals surface area contributed by atoms with Crippen LogP contribution < -0.4 is 0 Å². The number of thioether (sulfide) groups is 1. The highest BCUT2D eigenvalue weighted by molar-refractivity contribution is 8.03. The summed E-state index contributed by atoms with van der Waals surface area (Å²) in [6, 6.07) is 10.4. The molecule has 1 aromatic rings. The van der Waals surface area contributed by atoms with Gasteiger partial charge in [0.15, 0.2) is 0 Å². The number of benzene rings is 1. The van der Waals surface area contributed by atoms with E-state index in [2.05, 4.69) is 24.3 Å². The lowest BCUT2D eigenvalue weighted by Gasteiger charge is -2.21. The van der Waals surface area contributed by atoms with Gasteiger partial charge in [-0.15, -0.1) is 0 Å². The van der Waals surface area contributed by atoms with Gasteiger partial charge in [-0.1, -0.05) is 30.0 Å². The molecule has 0 aliphatic heterocycles. The predicted molar refractivity (Wildman–Crippen MR) is 55.6 cm³/mol. The van der Waals surface area contributed by atoms with Crippen molar-refractivity contribution < 1.29 is 4.74 Å². The number of hydrogen-bond acceptors (Lipinski definition) is 2. The maximum Gasteiger partial charge on any atom is 0.106 e. The van der Waals surface area contributed by atoms with Gasteiger partial charge >= 0.3 is 0 Å². The van der Waals surface area contributed by atoms with E-state index < -0.39 is 0 Å². The highest BCUT2D eigenvalue weighted by Crippen LogP contribution is 2.40. The van der Waals surface area contributed by atoms with Crippen LogP contribution in [-0.2, 0) is 4.74 Å². The molecule has 1 nitrogen and oxygen atoms in total. The van der Waals surface area contributed by atoms with E-state index in [0.29, 0.717) is 0 Å². The van der Waals surface area contributed by atoms with Crippen LogP contribution in [0.2, 0.25) is 0 Å². The van der Waals surface area contributed by atoms with Gasteiger partial charge in [-0.2, -0.15) is 0 Å². The van der Waals surface area contributed by atoms with Crippen molar-refractivity contribution in [2.24, 2.45) is 0 Å². The minimum atomic E-state index is 1.10. The second-order valence-electron chi connectivity index (χ2n) is 2.97. The van der Waals surface area contributed by atoms with Crippen LogP contribution in [0.5, 0.6) is 0 Å². The molecular formula is C11H12OS. The van der Waals surface area contributed by atoms with Crippen molar-refractivity contribution in [3.05, 3.63) is 41.0 Å². The molecule has 1 aromatic carbocycles. The zero-order valence-corrected chi connectivity index (χ0v) is 8.43. The average Bonchev–Trinajstić information content (AvgIpc) is 2.15. The predicted octanol–water partition coefficient (Wildman–Crippen LogP) is 3.43. The molecule has 0 saturated carbocycles. The summed E-state index contributed by atoms with van der Waals surface area (Å²) in [6.07, 6.45) is 2.27. The molecule has 0 aromatic heterocycles.